The minimum Gasteiger partial charge on any atom is -0.247 e. The molecule has 0 aliphatic heterocycles. The molecule has 4 unspecified atom stereocenters. The standard InChI is InChI=1S/C20H33F/c1-13-4-7-17-16-6-5-14-12-15(21)8-10-20(14,3)18(16)9-11-19(13,17)2/h13-18H,4-12H2,1-3H3/t13?,14-,15-,16?,17?,18?,19+,20-/m0/s1. The van der Waals surface area contributed by atoms with Crippen LogP contribution in [-0.2, 0) is 0 Å². The van der Waals surface area contributed by atoms with Gasteiger partial charge in [-0.2, -0.15) is 0 Å². The van der Waals surface area contributed by atoms with E-state index in [-0.39, 0.29) is 0 Å². The van der Waals surface area contributed by atoms with Crippen molar-refractivity contribution in [2.24, 2.45) is 40.4 Å². The number of hydrogen-bond acceptors (Lipinski definition) is 0. The molecule has 4 rings (SSSR count). The van der Waals surface area contributed by atoms with Crippen molar-refractivity contribution in [1.29, 1.82) is 0 Å². The third kappa shape index (κ3) is 1.91. The number of hydrogen-bond donors (Lipinski definition) is 0. The van der Waals surface area contributed by atoms with Crippen LogP contribution in [0.2, 0.25) is 0 Å². The zero-order valence-electron chi connectivity index (χ0n) is 14.2. The molecule has 1 heteroatoms. The quantitative estimate of drug-likeness (QED) is 0.513. The maximum absolute atomic E-state index is 13.9. The summed E-state index contributed by atoms with van der Waals surface area (Å²) >= 11 is 0. The van der Waals surface area contributed by atoms with Crippen LogP contribution in [0.3, 0.4) is 0 Å². The summed E-state index contributed by atoms with van der Waals surface area (Å²) in [6.07, 6.45) is 10.9. The summed E-state index contributed by atoms with van der Waals surface area (Å²) in [6, 6.07) is 0. The lowest BCUT2D eigenvalue weighted by atomic mass is 9.45. The summed E-state index contributed by atoms with van der Waals surface area (Å²) in [5, 5.41) is 0. The maximum atomic E-state index is 13.9. The predicted molar refractivity (Wildman–Crippen MR) is 85.8 cm³/mol. The van der Waals surface area contributed by atoms with Gasteiger partial charge in [0.25, 0.3) is 0 Å². The van der Waals surface area contributed by atoms with Crippen molar-refractivity contribution in [1.82, 2.24) is 0 Å². The molecule has 0 amide bonds. The van der Waals surface area contributed by atoms with Crippen LogP contribution in [0.4, 0.5) is 4.39 Å². The van der Waals surface area contributed by atoms with Gasteiger partial charge in [-0.05, 0) is 98.2 Å². The van der Waals surface area contributed by atoms with E-state index in [1.54, 1.807) is 0 Å². The molecular formula is C20H33F. The van der Waals surface area contributed by atoms with Crippen molar-refractivity contribution < 1.29 is 4.39 Å². The molecule has 21 heavy (non-hydrogen) atoms. The number of rotatable bonds is 0. The van der Waals surface area contributed by atoms with E-state index in [0.717, 1.165) is 36.5 Å². The molecule has 4 aliphatic carbocycles. The highest BCUT2D eigenvalue weighted by Crippen LogP contribution is 2.67. The smallest absolute Gasteiger partial charge is 0.100 e. The van der Waals surface area contributed by atoms with Crippen LogP contribution in [0, 0.1) is 40.4 Å². The largest absolute Gasteiger partial charge is 0.247 e. The van der Waals surface area contributed by atoms with Gasteiger partial charge >= 0.3 is 0 Å². The van der Waals surface area contributed by atoms with Gasteiger partial charge in [0.15, 0.2) is 0 Å². The average Bonchev–Trinajstić information content (AvgIpc) is 2.76. The van der Waals surface area contributed by atoms with Crippen LogP contribution in [0.5, 0.6) is 0 Å². The van der Waals surface area contributed by atoms with Gasteiger partial charge in [-0.3, -0.25) is 0 Å². The first-order valence-electron chi connectivity index (χ1n) is 9.59. The fraction of sp³-hybridized carbons (Fsp3) is 1.00. The molecule has 0 heterocycles. The molecule has 0 aromatic carbocycles. The fourth-order valence-corrected chi connectivity index (χ4v) is 7.47. The van der Waals surface area contributed by atoms with E-state index in [4.69, 9.17) is 0 Å². The molecule has 120 valence electrons. The molecule has 4 fully saturated rings. The molecule has 0 bridgehead atoms. The van der Waals surface area contributed by atoms with Crippen molar-refractivity contribution in [2.45, 2.75) is 84.7 Å². The van der Waals surface area contributed by atoms with Gasteiger partial charge in [-0.25, -0.2) is 4.39 Å². The van der Waals surface area contributed by atoms with Crippen LogP contribution in [0.25, 0.3) is 0 Å². The number of halogens is 1. The maximum Gasteiger partial charge on any atom is 0.100 e. The Labute approximate surface area is 130 Å². The first kappa shape index (κ1) is 14.5. The van der Waals surface area contributed by atoms with Gasteiger partial charge in [0.05, 0.1) is 0 Å². The minimum absolute atomic E-state index is 0.471. The van der Waals surface area contributed by atoms with Crippen molar-refractivity contribution in [3.63, 3.8) is 0 Å². The van der Waals surface area contributed by atoms with Crippen molar-refractivity contribution in [3.05, 3.63) is 0 Å². The van der Waals surface area contributed by atoms with Gasteiger partial charge in [0.2, 0.25) is 0 Å². The van der Waals surface area contributed by atoms with Crippen molar-refractivity contribution in [3.8, 4) is 0 Å². The Morgan fingerprint density at radius 1 is 0.810 bits per heavy atom. The minimum atomic E-state index is -0.500. The summed E-state index contributed by atoms with van der Waals surface area (Å²) < 4.78 is 13.9. The summed E-state index contributed by atoms with van der Waals surface area (Å²) in [6.45, 7) is 7.64. The second-order valence-corrected chi connectivity index (χ2v) is 9.55. The Balaban J connectivity index is 1.62. The highest BCUT2D eigenvalue weighted by Gasteiger charge is 2.59. The number of fused-ring (bicyclic) bond motifs is 5. The van der Waals surface area contributed by atoms with Gasteiger partial charge in [0, 0.05) is 0 Å². The first-order chi connectivity index (χ1) is 9.95. The van der Waals surface area contributed by atoms with Crippen LogP contribution < -0.4 is 0 Å². The van der Waals surface area contributed by atoms with Crippen LogP contribution in [-0.4, -0.2) is 6.17 Å². The summed E-state index contributed by atoms with van der Waals surface area (Å²) in [5.41, 5.74) is 1.10. The molecule has 0 nitrogen and oxygen atoms in total. The zero-order valence-corrected chi connectivity index (χ0v) is 14.2. The van der Waals surface area contributed by atoms with Crippen LogP contribution in [0.1, 0.15) is 78.6 Å². The lowest BCUT2D eigenvalue weighted by molar-refractivity contribution is -0.118. The van der Waals surface area contributed by atoms with Crippen LogP contribution >= 0.6 is 0 Å². The molecule has 0 saturated heterocycles. The first-order valence-corrected chi connectivity index (χ1v) is 9.59. The van der Waals surface area contributed by atoms with Gasteiger partial charge in [-0.1, -0.05) is 20.8 Å². The van der Waals surface area contributed by atoms with E-state index >= 15 is 0 Å². The lowest BCUT2D eigenvalue weighted by Crippen LogP contribution is -2.53. The predicted octanol–water partition coefficient (Wildman–Crippen LogP) is 6.00. The highest BCUT2D eigenvalue weighted by molar-refractivity contribution is 5.08. The molecular weight excluding hydrogens is 259 g/mol. The second kappa shape index (κ2) is 4.71. The topological polar surface area (TPSA) is 0 Å². The Morgan fingerprint density at radius 3 is 2.33 bits per heavy atom. The molecule has 0 spiro atoms. The van der Waals surface area contributed by atoms with E-state index in [0.29, 0.717) is 16.7 Å². The SMILES string of the molecule is CC1CCC2C3CC[C@H]4C[C@@H](F)CC[C@]4(C)C3CC[C@]12C. The Kier molecular flexibility index (Phi) is 3.26. The van der Waals surface area contributed by atoms with Crippen molar-refractivity contribution in [2.75, 3.05) is 0 Å². The molecule has 8 atom stereocenters. The van der Waals surface area contributed by atoms with Gasteiger partial charge < -0.3 is 0 Å². The number of alkyl halides is 1. The second-order valence-electron chi connectivity index (χ2n) is 9.55. The lowest BCUT2D eigenvalue weighted by Gasteiger charge is -2.60. The average molecular weight is 292 g/mol. The molecule has 0 aromatic rings. The third-order valence-electron chi connectivity index (χ3n) is 9.08. The molecule has 4 aliphatic rings. The van der Waals surface area contributed by atoms with Gasteiger partial charge in [-0.15, -0.1) is 0 Å². The Hall–Kier alpha value is -0.0700. The van der Waals surface area contributed by atoms with Gasteiger partial charge in [0.1, 0.15) is 6.17 Å². The molecule has 0 radical (unpaired) electrons. The van der Waals surface area contributed by atoms with E-state index < -0.39 is 6.17 Å². The molecule has 4 saturated carbocycles. The monoisotopic (exact) mass is 292 g/mol. The van der Waals surface area contributed by atoms with Crippen LogP contribution in [0.15, 0.2) is 0 Å². The molecule has 0 N–H and O–H groups in total. The van der Waals surface area contributed by atoms with E-state index in [1.807, 2.05) is 0 Å². The van der Waals surface area contributed by atoms with E-state index in [1.165, 1.54) is 44.9 Å². The molecule has 0 aromatic heterocycles. The third-order valence-corrected chi connectivity index (χ3v) is 9.08. The highest BCUT2D eigenvalue weighted by atomic mass is 19.1. The van der Waals surface area contributed by atoms with E-state index in [2.05, 4.69) is 20.8 Å². The Bertz CT molecular complexity index is 418. The summed E-state index contributed by atoms with van der Waals surface area (Å²) in [5.74, 6) is 4.46. The normalized spacial score (nSPS) is 60.0. The van der Waals surface area contributed by atoms with E-state index in [9.17, 15) is 4.39 Å². The fourth-order valence-electron chi connectivity index (χ4n) is 7.47. The summed E-state index contributed by atoms with van der Waals surface area (Å²) in [7, 11) is 0. The van der Waals surface area contributed by atoms with Crippen molar-refractivity contribution >= 4 is 0 Å². The zero-order chi connectivity index (χ0) is 14.8. The Morgan fingerprint density at radius 2 is 1.52 bits per heavy atom. The summed E-state index contributed by atoms with van der Waals surface area (Å²) in [4.78, 5) is 0.